The minimum Gasteiger partial charge on any atom is -0.486 e. The van der Waals surface area contributed by atoms with Crippen molar-refractivity contribution in [1.82, 2.24) is 19.1 Å². The Balaban J connectivity index is 0.000000200. The molecule has 424 valence electrons. The van der Waals surface area contributed by atoms with E-state index in [1.165, 1.54) is 104 Å². The number of nitrogens with zero attached hydrogens (tertiary/aromatic N) is 4. The number of esters is 1. The predicted octanol–water partition coefficient (Wildman–Crippen LogP) is 13.8. The molecule has 0 saturated heterocycles. The molecule has 8 aromatic carbocycles. The average Bonchev–Trinajstić information content (AvgIpc) is 4.06. The van der Waals surface area contributed by atoms with Crippen LogP contribution in [0.1, 0.15) is 61.5 Å². The van der Waals surface area contributed by atoms with Crippen LogP contribution in [-0.2, 0) is 48.7 Å². The van der Waals surface area contributed by atoms with Crippen LogP contribution < -0.4 is 9.47 Å². The Bertz CT molecular complexity index is 4120. The van der Waals surface area contributed by atoms with Crippen LogP contribution in [0.5, 0.6) is 11.5 Å². The first-order valence-corrected chi connectivity index (χ1v) is 26.1. The van der Waals surface area contributed by atoms with Crippen LogP contribution in [0, 0.1) is 34.9 Å². The molecule has 0 amide bonds. The Kier molecular flexibility index (Phi) is 18.1. The maximum atomic E-state index is 15.4. The molecule has 0 aliphatic carbocycles. The third kappa shape index (κ3) is 14.0. The Hall–Kier alpha value is -9.17. The average molecular weight is 1180 g/mol. The normalized spacial score (nSPS) is 11.2. The third-order valence-electron chi connectivity index (χ3n) is 13.2. The molecule has 0 atom stereocenters. The number of hydrogen-bond acceptors (Lipinski definition) is 9. The number of aliphatic hydroxyl groups excluding tert-OH is 1. The molecule has 0 radical (unpaired) electrons. The van der Waals surface area contributed by atoms with Crippen molar-refractivity contribution >= 4 is 63.2 Å². The van der Waals surface area contributed by atoms with Crippen LogP contribution in [0.2, 0.25) is 10.0 Å². The number of carbonyl (C=O) groups excluding carboxylic acids is 1. The monoisotopic (exact) mass is 1170 g/mol. The van der Waals surface area contributed by atoms with Gasteiger partial charge in [0.2, 0.25) is 0 Å². The topological polar surface area (TPSA) is 175 Å². The second-order valence-corrected chi connectivity index (χ2v) is 19.6. The highest BCUT2D eigenvalue weighted by Gasteiger charge is 2.20. The van der Waals surface area contributed by atoms with Crippen molar-refractivity contribution in [2.75, 3.05) is 13.2 Å². The van der Waals surface area contributed by atoms with Crippen molar-refractivity contribution in [3.05, 3.63) is 236 Å². The zero-order chi connectivity index (χ0) is 59.1. The number of imidazole rings is 2. The second-order valence-electron chi connectivity index (χ2n) is 18.7. The van der Waals surface area contributed by atoms with Gasteiger partial charge in [-0.3, -0.25) is 4.79 Å². The predicted molar refractivity (Wildman–Crippen MR) is 298 cm³/mol. The number of fused-ring (bicyclic) bond motifs is 2. The van der Waals surface area contributed by atoms with Crippen molar-refractivity contribution in [1.29, 1.82) is 0 Å². The lowest BCUT2D eigenvalue weighted by Gasteiger charge is -2.12. The number of benzene rings is 8. The fourth-order valence-electron chi connectivity index (χ4n) is 9.02. The maximum absolute atomic E-state index is 15.4. The van der Waals surface area contributed by atoms with E-state index in [0.29, 0.717) is 67.1 Å². The van der Waals surface area contributed by atoms with Gasteiger partial charge in [0.1, 0.15) is 54.7 Å². The van der Waals surface area contributed by atoms with Gasteiger partial charge in [0.25, 0.3) is 0 Å². The summed E-state index contributed by atoms with van der Waals surface area (Å²) in [6.45, 7) is 0.979. The van der Waals surface area contributed by atoms with Crippen LogP contribution in [0.15, 0.2) is 146 Å². The van der Waals surface area contributed by atoms with Crippen LogP contribution >= 0.6 is 23.2 Å². The van der Waals surface area contributed by atoms with E-state index in [0.717, 1.165) is 12.1 Å². The Labute approximate surface area is 479 Å². The number of ether oxygens (including phenoxy) is 3. The van der Waals surface area contributed by atoms with Gasteiger partial charge in [-0.25, -0.2) is 45.9 Å². The van der Waals surface area contributed by atoms with Gasteiger partial charge < -0.3 is 38.7 Å². The molecule has 0 bridgehead atoms. The van der Waals surface area contributed by atoms with Gasteiger partial charge in [0, 0.05) is 47.5 Å². The molecule has 13 nitrogen and oxygen atoms in total. The van der Waals surface area contributed by atoms with Gasteiger partial charge in [-0.05, 0) is 130 Å². The SMILES string of the molecule is CC(=O)OCCn1c(Cc2ccc(-c3ccc(F)c(OCc4ccc(Cl)cc4F)c3)cc2F)nc2ccc(C(=O)O)cc21.O=C(O)c1ccc2nc(Cc3ccc(-c4ccc(F)c(OCc5ccc(Cl)cc5F)c4)cc3F)n(CCO)c2c1. The van der Waals surface area contributed by atoms with E-state index < -0.39 is 52.8 Å². The van der Waals surface area contributed by atoms with Gasteiger partial charge in [-0.15, -0.1) is 0 Å². The summed E-state index contributed by atoms with van der Waals surface area (Å²) in [4.78, 5) is 43.3. The highest BCUT2D eigenvalue weighted by atomic mass is 35.5. The lowest BCUT2D eigenvalue weighted by atomic mass is 10.0. The molecule has 2 aromatic heterocycles. The zero-order valence-electron chi connectivity index (χ0n) is 43.6. The molecule has 2 heterocycles. The molecule has 10 rings (SSSR count). The van der Waals surface area contributed by atoms with Gasteiger partial charge in [-0.2, -0.15) is 0 Å². The molecular weight excluding hydrogens is 1130 g/mol. The third-order valence-corrected chi connectivity index (χ3v) is 13.7. The molecule has 0 unspecified atom stereocenters. The summed E-state index contributed by atoms with van der Waals surface area (Å²) in [6.07, 6.45) is 0.154. The van der Waals surface area contributed by atoms with Crippen LogP contribution in [0.4, 0.5) is 26.3 Å². The maximum Gasteiger partial charge on any atom is 0.335 e. The first kappa shape index (κ1) is 58.5. The van der Waals surface area contributed by atoms with E-state index in [9.17, 15) is 47.3 Å². The highest BCUT2D eigenvalue weighted by Crippen LogP contribution is 2.33. The number of hydrogen-bond donors (Lipinski definition) is 3. The number of carboxylic acid groups (broad SMARTS) is 2. The minimum absolute atomic E-state index is 0.0200. The molecule has 0 aliphatic heterocycles. The Morgan fingerprint density at radius 2 is 0.880 bits per heavy atom. The fraction of sp³-hybridized carbons (Fsp3) is 0.145. The molecule has 3 N–H and O–H groups in total. The summed E-state index contributed by atoms with van der Waals surface area (Å²) in [5.74, 6) is -5.53. The number of halogens is 8. The Morgan fingerprint density at radius 3 is 1.28 bits per heavy atom. The highest BCUT2D eigenvalue weighted by molar-refractivity contribution is 6.30. The van der Waals surface area contributed by atoms with E-state index in [2.05, 4.69) is 9.97 Å². The molecular formula is C62H46Cl2F6N4O9. The lowest BCUT2D eigenvalue weighted by molar-refractivity contribution is -0.141. The molecule has 0 spiro atoms. The minimum atomic E-state index is -1.11. The zero-order valence-corrected chi connectivity index (χ0v) is 45.1. The fourth-order valence-corrected chi connectivity index (χ4v) is 9.34. The van der Waals surface area contributed by atoms with Gasteiger partial charge in [0.05, 0.1) is 46.3 Å². The molecule has 10 aromatic rings. The quantitative estimate of drug-likeness (QED) is 0.0519. The number of carbonyl (C=O) groups is 3. The summed E-state index contributed by atoms with van der Waals surface area (Å²) in [5, 5.41) is 28.8. The molecule has 0 fully saturated rings. The molecule has 21 heteroatoms. The summed E-state index contributed by atoms with van der Waals surface area (Å²) >= 11 is 11.5. The standard InChI is InChI=1S/C32H24ClF3N2O5.C30H22ClF3N2O4/c1-18(39)42-11-10-38-29-13-22(32(40)41)6-9-28(29)37-31(38)15-21-3-2-19(12-26(21)35)20-5-8-25(34)30(14-20)43-17-23-4-7-24(33)16-27(23)36;31-22-6-3-21(25(34)15-22)16-40-28-13-18(4-7-23(28)32)17-1-2-19(24(33)11-17)14-29-35-26-8-5-20(30(38)39)12-27(26)36(29)9-10-37/h2-9,12-14,16H,10-11,15,17H2,1H3,(H,40,41);1-8,11-13,15,37H,9-10,14,16H2,(H,38,39). The van der Waals surface area contributed by atoms with Crippen molar-refractivity contribution in [2.24, 2.45) is 0 Å². The number of aromatic carboxylic acids is 2. The first-order valence-electron chi connectivity index (χ1n) is 25.3. The van der Waals surface area contributed by atoms with Crippen molar-refractivity contribution in [2.45, 2.75) is 46.1 Å². The number of aliphatic hydroxyl groups is 1. The summed E-state index contributed by atoms with van der Waals surface area (Å²) in [5.41, 5.74) is 5.15. The van der Waals surface area contributed by atoms with E-state index >= 15 is 8.78 Å². The summed E-state index contributed by atoms with van der Waals surface area (Å²) in [7, 11) is 0. The number of aromatic nitrogens is 4. The Morgan fingerprint density at radius 1 is 0.482 bits per heavy atom. The van der Waals surface area contributed by atoms with Crippen LogP contribution in [0.3, 0.4) is 0 Å². The van der Waals surface area contributed by atoms with Crippen molar-refractivity contribution < 1.29 is 70.3 Å². The molecule has 0 aliphatic rings. The molecule has 0 saturated carbocycles. The largest absolute Gasteiger partial charge is 0.486 e. The molecule has 83 heavy (non-hydrogen) atoms. The van der Waals surface area contributed by atoms with Gasteiger partial charge in [0.15, 0.2) is 23.1 Å². The van der Waals surface area contributed by atoms with Crippen LogP contribution in [-0.4, -0.2) is 65.5 Å². The van der Waals surface area contributed by atoms with E-state index in [1.54, 1.807) is 45.5 Å². The first-order chi connectivity index (χ1) is 39.8. The van der Waals surface area contributed by atoms with E-state index in [-0.39, 0.29) is 96.2 Å². The summed E-state index contributed by atoms with van der Waals surface area (Å²) < 4.78 is 107. The smallest absolute Gasteiger partial charge is 0.335 e. The van der Waals surface area contributed by atoms with E-state index in [4.69, 9.17) is 37.4 Å². The van der Waals surface area contributed by atoms with Gasteiger partial charge >= 0.3 is 17.9 Å². The van der Waals surface area contributed by atoms with Crippen LogP contribution in [0.25, 0.3) is 44.3 Å². The second kappa shape index (κ2) is 25.7. The van der Waals surface area contributed by atoms with Gasteiger partial charge in [-0.1, -0.05) is 71.7 Å². The summed E-state index contributed by atoms with van der Waals surface area (Å²) in [6, 6.07) is 34.4. The number of rotatable bonds is 19. The van der Waals surface area contributed by atoms with E-state index in [1.807, 2.05) is 0 Å². The van der Waals surface area contributed by atoms with Crippen molar-refractivity contribution in [3.63, 3.8) is 0 Å². The number of carboxylic acids is 2. The lowest BCUT2D eigenvalue weighted by Crippen LogP contribution is -2.12. The van der Waals surface area contributed by atoms with Crippen molar-refractivity contribution in [3.8, 4) is 33.8 Å².